The Labute approximate surface area is 219 Å². The second-order valence-electron chi connectivity index (χ2n) is 10.8. The van der Waals surface area contributed by atoms with Gasteiger partial charge in [0.15, 0.2) is 0 Å². The lowest BCUT2D eigenvalue weighted by Gasteiger charge is -2.31. The van der Waals surface area contributed by atoms with Crippen molar-refractivity contribution in [1.82, 2.24) is 20.4 Å². The molecular weight excluding hydrogens is 468 g/mol. The number of piperidine rings is 1. The van der Waals surface area contributed by atoms with E-state index in [1.807, 2.05) is 43.3 Å². The van der Waals surface area contributed by atoms with Gasteiger partial charge in [0.2, 0.25) is 17.6 Å². The van der Waals surface area contributed by atoms with Gasteiger partial charge in [0.25, 0.3) is 0 Å². The number of carbonyl (C=O) groups excluding carboxylic acids is 1. The number of likely N-dealkylation sites (tertiary alicyclic amines) is 1. The molecule has 1 aromatic heterocycles. The summed E-state index contributed by atoms with van der Waals surface area (Å²) in [6.45, 7) is 11.0. The Hall–Kier alpha value is -3.39. The molecule has 1 amide bonds. The molecular formula is C29H38N4O4. The lowest BCUT2D eigenvalue weighted by Crippen LogP contribution is -2.46. The smallest absolute Gasteiger partial charge is 0.241 e. The number of aromatic nitrogens is 2. The van der Waals surface area contributed by atoms with Gasteiger partial charge in [-0.2, -0.15) is 4.98 Å². The van der Waals surface area contributed by atoms with Crippen LogP contribution >= 0.6 is 0 Å². The van der Waals surface area contributed by atoms with Crippen molar-refractivity contribution in [3.63, 3.8) is 0 Å². The number of hydrogen-bond donors (Lipinski definition) is 1. The van der Waals surface area contributed by atoms with E-state index in [0.717, 1.165) is 36.4 Å². The number of ether oxygens (including phenoxy) is 2. The molecule has 0 bridgehead atoms. The van der Waals surface area contributed by atoms with Crippen LogP contribution in [0.4, 0.5) is 0 Å². The first kappa shape index (κ1) is 26.7. The SMILES string of the molecule is COc1ccc(OCC(C)NC(=O)C2CCCN(Cc3nc(-c4ccc(C(C)(C)C)cc4)no3)C2)cc1. The van der Waals surface area contributed by atoms with Crippen molar-refractivity contribution in [3.05, 3.63) is 60.0 Å². The summed E-state index contributed by atoms with van der Waals surface area (Å²) < 4.78 is 16.5. The molecule has 1 aliphatic heterocycles. The lowest BCUT2D eigenvalue weighted by atomic mass is 9.87. The van der Waals surface area contributed by atoms with E-state index in [4.69, 9.17) is 14.0 Å². The van der Waals surface area contributed by atoms with E-state index in [9.17, 15) is 4.79 Å². The third-order valence-electron chi connectivity index (χ3n) is 6.66. The fourth-order valence-electron chi connectivity index (χ4n) is 4.46. The van der Waals surface area contributed by atoms with E-state index in [2.05, 4.69) is 53.3 Å². The summed E-state index contributed by atoms with van der Waals surface area (Å²) in [4.78, 5) is 19.7. The summed E-state index contributed by atoms with van der Waals surface area (Å²) in [6, 6.07) is 15.6. The van der Waals surface area contributed by atoms with Crippen LogP contribution in [0.1, 0.15) is 52.0 Å². The zero-order valence-corrected chi connectivity index (χ0v) is 22.5. The minimum absolute atomic E-state index is 0.0562. The Balaban J connectivity index is 1.26. The van der Waals surface area contributed by atoms with Crippen molar-refractivity contribution in [2.24, 2.45) is 5.92 Å². The van der Waals surface area contributed by atoms with Gasteiger partial charge < -0.3 is 19.3 Å². The Kier molecular flexibility index (Phi) is 8.48. The van der Waals surface area contributed by atoms with Gasteiger partial charge in [0.1, 0.15) is 18.1 Å². The average Bonchev–Trinajstić information content (AvgIpc) is 3.36. The minimum atomic E-state index is -0.104. The number of methoxy groups -OCH3 is 1. The highest BCUT2D eigenvalue weighted by molar-refractivity contribution is 5.79. The molecule has 8 nitrogen and oxygen atoms in total. The molecule has 0 spiro atoms. The summed E-state index contributed by atoms with van der Waals surface area (Å²) in [5, 5.41) is 7.28. The van der Waals surface area contributed by atoms with E-state index < -0.39 is 0 Å². The van der Waals surface area contributed by atoms with Crippen molar-refractivity contribution in [1.29, 1.82) is 0 Å². The van der Waals surface area contributed by atoms with E-state index >= 15 is 0 Å². The van der Waals surface area contributed by atoms with Crippen molar-refractivity contribution < 1.29 is 18.8 Å². The molecule has 1 saturated heterocycles. The molecule has 8 heteroatoms. The van der Waals surface area contributed by atoms with Crippen molar-refractivity contribution in [2.75, 3.05) is 26.8 Å². The van der Waals surface area contributed by atoms with Crippen LogP contribution in [-0.4, -0.2) is 53.8 Å². The Morgan fingerprint density at radius 3 is 2.51 bits per heavy atom. The van der Waals surface area contributed by atoms with Crippen LogP contribution in [0, 0.1) is 5.92 Å². The van der Waals surface area contributed by atoms with Crippen LogP contribution in [0.15, 0.2) is 53.1 Å². The molecule has 37 heavy (non-hydrogen) atoms. The normalized spacial score (nSPS) is 17.3. The number of benzene rings is 2. The van der Waals surface area contributed by atoms with E-state index in [0.29, 0.717) is 31.4 Å². The standard InChI is InChI=1S/C29H38N4O4/c1-20(19-36-25-14-12-24(35-5)13-15-25)30-28(34)22-7-6-16-33(17-22)18-26-31-27(32-37-26)21-8-10-23(11-9-21)29(2,3)4/h8-15,20,22H,6-7,16-19H2,1-5H3,(H,30,34). The van der Waals surface area contributed by atoms with Crippen LogP contribution in [-0.2, 0) is 16.8 Å². The number of nitrogens with one attached hydrogen (secondary N) is 1. The molecule has 1 aliphatic rings. The molecule has 2 atom stereocenters. The molecule has 2 aromatic carbocycles. The highest BCUT2D eigenvalue weighted by Gasteiger charge is 2.28. The number of carbonyl (C=O) groups is 1. The fraction of sp³-hybridized carbons (Fsp3) is 0.483. The zero-order valence-electron chi connectivity index (χ0n) is 22.5. The molecule has 1 N–H and O–H groups in total. The molecule has 0 saturated carbocycles. The van der Waals surface area contributed by atoms with Crippen molar-refractivity contribution >= 4 is 5.91 Å². The predicted octanol–water partition coefficient (Wildman–Crippen LogP) is 4.84. The van der Waals surface area contributed by atoms with Gasteiger partial charge in [-0.05, 0) is 61.6 Å². The Morgan fingerprint density at radius 1 is 1.14 bits per heavy atom. The topological polar surface area (TPSA) is 89.7 Å². The van der Waals surface area contributed by atoms with Crippen LogP contribution in [0.25, 0.3) is 11.4 Å². The summed E-state index contributed by atoms with van der Waals surface area (Å²) in [5.74, 6) is 2.66. The maximum Gasteiger partial charge on any atom is 0.241 e. The van der Waals surface area contributed by atoms with E-state index in [-0.39, 0.29) is 23.3 Å². The molecule has 0 aliphatic carbocycles. The van der Waals surface area contributed by atoms with E-state index in [1.165, 1.54) is 5.56 Å². The zero-order chi connectivity index (χ0) is 26.4. The molecule has 1 fully saturated rings. The summed E-state index contributed by atoms with van der Waals surface area (Å²) in [6.07, 6.45) is 1.81. The first-order valence-electron chi connectivity index (χ1n) is 12.9. The molecule has 198 valence electrons. The monoisotopic (exact) mass is 506 g/mol. The molecule has 4 rings (SSSR count). The first-order chi connectivity index (χ1) is 17.7. The number of hydrogen-bond acceptors (Lipinski definition) is 7. The van der Waals surface area contributed by atoms with Crippen LogP contribution in [0.3, 0.4) is 0 Å². The van der Waals surface area contributed by atoms with Gasteiger partial charge >= 0.3 is 0 Å². The number of nitrogens with zero attached hydrogens (tertiary/aromatic N) is 3. The second kappa shape index (κ2) is 11.8. The largest absolute Gasteiger partial charge is 0.497 e. The minimum Gasteiger partial charge on any atom is -0.497 e. The Morgan fingerprint density at radius 2 is 1.84 bits per heavy atom. The summed E-state index contributed by atoms with van der Waals surface area (Å²) >= 11 is 0. The van der Waals surface area contributed by atoms with Crippen LogP contribution in [0.2, 0.25) is 0 Å². The third kappa shape index (κ3) is 7.32. The predicted molar refractivity (Wildman–Crippen MR) is 143 cm³/mol. The molecule has 2 heterocycles. The summed E-state index contributed by atoms with van der Waals surface area (Å²) in [5.41, 5.74) is 2.29. The maximum absolute atomic E-state index is 12.9. The van der Waals surface area contributed by atoms with Gasteiger partial charge in [-0.1, -0.05) is 50.2 Å². The molecule has 0 radical (unpaired) electrons. The number of rotatable bonds is 9. The van der Waals surface area contributed by atoms with Gasteiger partial charge in [0.05, 0.1) is 25.6 Å². The summed E-state index contributed by atoms with van der Waals surface area (Å²) in [7, 11) is 1.63. The van der Waals surface area contributed by atoms with Crippen molar-refractivity contribution in [2.45, 2.75) is 58.5 Å². The fourth-order valence-corrected chi connectivity index (χ4v) is 4.46. The lowest BCUT2D eigenvalue weighted by molar-refractivity contribution is -0.127. The van der Waals surface area contributed by atoms with Crippen molar-refractivity contribution in [3.8, 4) is 22.9 Å². The first-order valence-corrected chi connectivity index (χ1v) is 12.9. The molecule has 3 aromatic rings. The number of amides is 1. The Bertz CT molecular complexity index is 1150. The van der Waals surface area contributed by atoms with Gasteiger partial charge in [0, 0.05) is 12.1 Å². The van der Waals surface area contributed by atoms with Crippen LogP contribution in [0.5, 0.6) is 11.5 Å². The highest BCUT2D eigenvalue weighted by Crippen LogP contribution is 2.25. The average molecular weight is 507 g/mol. The third-order valence-corrected chi connectivity index (χ3v) is 6.66. The highest BCUT2D eigenvalue weighted by atomic mass is 16.5. The van der Waals surface area contributed by atoms with Gasteiger partial charge in [-0.25, -0.2) is 0 Å². The van der Waals surface area contributed by atoms with E-state index in [1.54, 1.807) is 7.11 Å². The molecule has 2 unspecified atom stereocenters. The van der Waals surface area contributed by atoms with Gasteiger partial charge in [-0.15, -0.1) is 0 Å². The maximum atomic E-state index is 12.9. The van der Waals surface area contributed by atoms with Gasteiger partial charge in [-0.3, -0.25) is 9.69 Å². The van der Waals surface area contributed by atoms with Crippen LogP contribution < -0.4 is 14.8 Å². The quantitative estimate of drug-likeness (QED) is 0.444. The second-order valence-corrected chi connectivity index (χ2v) is 10.8.